The second kappa shape index (κ2) is 8.30. The number of aromatic carboxylic acids is 1. The molecular weight excluding hydrogens is 326 g/mol. The van der Waals surface area contributed by atoms with Crippen LogP contribution in [0.4, 0.5) is 0 Å². The van der Waals surface area contributed by atoms with E-state index in [0.717, 1.165) is 30.8 Å². The average Bonchev–Trinajstić information content (AvgIpc) is 2.67. The fourth-order valence-corrected chi connectivity index (χ4v) is 2.65. The van der Waals surface area contributed by atoms with Gasteiger partial charge in [-0.15, -0.1) is 0 Å². The number of carbonyl (C=O) groups is 1. The van der Waals surface area contributed by atoms with Crippen LogP contribution in [0.15, 0.2) is 54.6 Å². The van der Waals surface area contributed by atoms with Gasteiger partial charge in [0.25, 0.3) is 0 Å². The minimum atomic E-state index is -0.952. The molecule has 1 N–H and O–H groups in total. The van der Waals surface area contributed by atoms with Gasteiger partial charge >= 0.3 is 5.97 Å². The Hall–Kier alpha value is -3.14. The molecule has 26 heavy (non-hydrogen) atoms. The summed E-state index contributed by atoms with van der Waals surface area (Å²) in [5.74, 6) is -0.0978. The van der Waals surface area contributed by atoms with Crippen molar-refractivity contribution in [3.63, 3.8) is 0 Å². The highest BCUT2D eigenvalue weighted by molar-refractivity contribution is 6.03. The third-order valence-corrected chi connectivity index (χ3v) is 4.06. The Bertz CT molecular complexity index is 930. The fraction of sp³-hybridized carbons (Fsp3) is 0.182. The van der Waals surface area contributed by atoms with Gasteiger partial charge in [-0.1, -0.05) is 49.8 Å². The number of fused-ring (bicyclic) bond motifs is 1. The molecule has 0 saturated heterocycles. The highest BCUT2D eigenvalue weighted by atomic mass is 16.5. The summed E-state index contributed by atoms with van der Waals surface area (Å²) in [5.41, 5.74) is 2.55. The third-order valence-electron chi connectivity index (χ3n) is 4.06. The third kappa shape index (κ3) is 4.28. The van der Waals surface area contributed by atoms with Gasteiger partial charge in [0.15, 0.2) is 0 Å². The van der Waals surface area contributed by atoms with Crippen LogP contribution in [-0.2, 0) is 0 Å². The van der Waals surface area contributed by atoms with E-state index < -0.39 is 5.97 Å². The summed E-state index contributed by atoms with van der Waals surface area (Å²) in [6.45, 7) is 2.86. The van der Waals surface area contributed by atoms with Crippen molar-refractivity contribution in [1.29, 1.82) is 0 Å². The van der Waals surface area contributed by atoms with Crippen LogP contribution < -0.4 is 4.74 Å². The van der Waals surface area contributed by atoms with E-state index in [1.165, 1.54) is 0 Å². The van der Waals surface area contributed by atoms with Gasteiger partial charge in [0, 0.05) is 5.39 Å². The highest BCUT2D eigenvalue weighted by Crippen LogP contribution is 2.20. The lowest BCUT2D eigenvalue weighted by atomic mass is 10.1. The number of hydrogen-bond acceptors (Lipinski definition) is 3. The molecular formula is C22H21NO3. The molecule has 0 spiro atoms. The van der Waals surface area contributed by atoms with E-state index in [0.29, 0.717) is 16.6 Å². The van der Waals surface area contributed by atoms with Crippen molar-refractivity contribution in [2.75, 3.05) is 6.61 Å². The van der Waals surface area contributed by atoms with Crippen LogP contribution in [0.5, 0.6) is 5.75 Å². The lowest BCUT2D eigenvalue weighted by molar-refractivity contribution is 0.0699. The SMILES string of the molecule is CCCCOc1ccc(/C=C/c2cc(C(=O)O)c3ccccc3n2)cc1. The van der Waals surface area contributed by atoms with Crippen molar-refractivity contribution in [2.45, 2.75) is 19.8 Å². The predicted octanol–water partition coefficient (Wildman–Crippen LogP) is 5.28. The van der Waals surface area contributed by atoms with Gasteiger partial charge in [-0.3, -0.25) is 0 Å². The lowest BCUT2D eigenvalue weighted by Crippen LogP contribution is -2.00. The molecule has 3 rings (SSSR count). The number of unbranched alkanes of at least 4 members (excludes halogenated alkanes) is 1. The lowest BCUT2D eigenvalue weighted by Gasteiger charge is -2.05. The zero-order valence-corrected chi connectivity index (χ0v) is 14.7. The number of rotatable bonds is 7. The topological polar surface area (TPSA) is 59.4 Å². The summed E-state index contributed by atoms with van der Waals surface area (Å²) in [6.07, 6.45) is 5.89. The van der Waals surface area contributed by atoms with E-state index in [1.807, 2.05) is 54.6 Å². The quantitative estimate of drug-likeness (QED) is 0.591. The first-order chi connectivity index (χ1) is 12.7. The molecule has 132 valence electrons. The highest BCUT2D eigenvalue weighted by Gasteiger charge is 2.10. The van der Waals surface area contributed by atoms with Gasteiger partial charge in [-0.25, -0.2) is 9.78 Å². The molecule has 0 fully saturated rings. The van der Waals surface area contributed by atoms with Crippen LogP contribution in [-0.4, -0.2) is 22.7 Å². The number of benzene rings is 2. The predicted molar refractivity (Wildman–Crippen MR) is 104 cm³/mol. The van der Waals surface area contributed by atoms with E-state index in [-0.39, 0.29) is 5.56 Å². The van der Waals surface area contributed by atoms with E-state index in [4.69, 9.17) is 4.74 Å². The van der Waals surface area contributed by atoms with Crippen molar-refractivity contribution >= 4 is 29.0 Å². The van der Waals surface area contributed by atoms with Crippen molar-refractivity contribution < 1.29 is 14.6 Å². The molecule has 0 atom stereocenters. The Morgan fingerprint density at radius 1 is 1.12 bits per heavy atom. The molecule has 0 aliphatic carbocycles. The average molecular weight is 347 g/mol. The molecule has 0 bridgehead atoms. The zero-order valence-electron chi connectivity index (χ0n) is 14.7. The molecule has 0 amide bonds. The number of ether oxygens (including phenoxy) is 1. The standard InChI is InChI=1S/C22H21NO3/c1-2-3-14-26-18-12-9-16(10-13-18)8-11-17-15-20(22(24)25)19-6-4-5-7-21(19)23-17/h4-13,15H,2-3,14H2,1H3,(H,24,25)/b11-8+. The Morgan fingerprint density at radius 3 is 2.62 bits per heavy atom. The van der Waals surface area contributed by atoms with E-state index in [2.05, 4.69) is 11.9 Å². The Morgan fingerprint density at radius 2 is 1.88 bits per heavy atom. The molecule has 0 unspecified atom stereocenters. The number of aromatic nitrogens is 1. The van der Waals surface area contributed by atoms with Crippen molar-refractivity contribution in [1.82, 2.24) is 4.98 Å². The Labute approximate surface area is 152 Å². The van der Waals surface area contributed by atoms with Crippen LogP contribution in [0.2, 0.25) is 0 Å². The molecule has 0 aliphatic rings. The number of carboxylic acid groups (broad SMARTS) is 1. The van der Waals surface area contributed by atoms with Gasteiger partial charge in [-0.2, -0.15) is 0 Å². The first kappa shape index (κ1) is 17.7. The molecule has 1 aromatic heterocycles. The monoisotopic (exact) mass is 347 g/mol. The summed E-state index contributed by atoms with van der Waals surface area (Å²) >= 11 is 0. The van der Waals surface area contributed by atoms with Crippen LogP contribution >= 0.6 is 0 Å². The normalized spacial score (nSPS) is 11.1. The van der Waals surface area contributed by atoms with Crippen molar-refractivity contribution in [3.8, 4) is 5.75 Å². The maximum absolute atomic E-state index is 11.5. The van der Waals surface area contributed by atoms with Gasteiger partial charge < -0.3 is 9.84 Å². The van der Waals surface area contributed by atoms with E-state index >= 15 is 0 Å². The Balaban J connectivity index is 1.81. The minimum absolute atomic E-state index is 0.259. The van der Waals surface area contributed by atoms with Crippen molar-refractivity contribution in [2.24, 2.45) is 0 Å². The van der Waals surface area contributed by atoms with Gasteiger partial charge in [0.1, 0.15) is 5.75 Å². The molecule has 0 radical (unpaired) electrons. The molecule has 0 aliphatic heterocycles. The second-order valence-corrected chi connectivity index (χ2v) is 6.02. The van der Waals surface area contributed by atoms with Crippen LogP contribution in [0.3, 0.4) is 0 Å². The maximum atomic E-state index is 11.5. The number of hydrogen-bond donors (Lipinski definition) is 1. The smallest absolute Gasteiger partial charge is 0.336 e. The summed E-state index contributed by atoms with van der Waals surface area (Å²) < 4.78 is 5.65. The van der Waals surface area contributed by atoms with Crippen LogP contribution in [0, 0.1) is 0 Å². The summed E-state index contributed by atoms with van der Waals surface area (Å²) in [6, 6.07) is 16.7. The zero-order chi connectivity index (χ0) is 18.4. The number of para-hydroxylation sites is 1. The van der Waals surface area contributed by atoms with Gasteiger partial charge in [-0.05, 0) is 42.3 Å². The largest absolute Gasteiger partial charge is 0.494 e. The van der Waals surface area contributed by atoms with Gasteiger partial charge in [0.05, 0.1) is 23.4 Å². The Kier molecular flexibility index (Phi) is 5.64. The van der Waals surface area contributed by atoms with Crippen LogP contribution in [0.25, 0.3) is 23.1 Å². The van der Waals surface area contributed by atoms with E-state index in [1.54, 1.807) is 12.1 Å². The molecule has 3 aromatic rings. The first-order valence-corrected chi connectivity index (χ1v) is 8.71. The maximum Gasteiger partial charge on any atom is 0.336 e. The first-order valence-electron chi connectivity index (χ1n) is 8.71. The van der Waals surface area contributed by atoms with Crippen LogP contribution in [0.1, 0.15) is 41.4 Å². The number of carboxylic acids is 1. The van der Waals surface area contributed by atoms with E-state index in [9.17, 15) is 9.90 Å². The van der Waals surface area contributed by atoms with Gasteiger partial charge in [0.2, 0.25) is 0 Å². The molecule has 4 heteroatoms. The summed E-state index contributed by atoms with van der Waals surface area (Å²) in [5, 5.41) is 10.1. The minimum Gasteiger partial charge on any atom is -0.494 e. The molecule has 2 aromatic carbocycles. The van der Waals surface area contributed by atoms with Crippen molar-refractivity contribution in [3.05, 3.63) is 71.4 Å². The summed E-state index contributed by atoms with van der Waals surface area (Å²) in [4.78, 5) is 16.0. The fourth-order valence-electron chi connectivity index (χ4n) is 2.65. The molecule has 4 nitrogen and oxygen atoms in total. The number of nitrogens with zero attached hydrogens (tertiary/aromatic N) is 1. The second-order valence-electron chi connectivity index (χ2n) is 6.02. The summed E-state index contributed by atoms with van der Waals surface area (Å²) in [7, 11) is 0. The molecule has 1 heterocycles. The molecule has 0 saturated carbocycles. The number of pyridine rings is 1.